The maximum Gasteiger partial charge on any atom is 3.00 e. The summed E-state index contributed by atoms with van der Waals surface area (Å²) in [6, 6.07) is 7.14. The van der Waals surface area contributed by atoms with Crippen LogP contribution in [0, 0.1) is 40.8 Å². The van der Waals surface area contributed by atoms with E-state index in [2.05, 4.69) is 11.1 Å². The van der Waals surface area contributed by atoms with Crippen LogP contribution in [-0.2, 0) is 0 Å². The largest absolute Gasteiger partial charge is 3.00 e. The Balaban J connectivity index is 0. The molecule has 0 N–H and O–H groups in total. The van der Waals surface area contributed by atoms with E-state index in [1.54, 1.807) is 0 Å². The Labute approximate surface area is 209 Å². The zero-order valence-electron chi connectivity index (χ0n) is 15.1. The molecular formula is C19H27Cl3N3Nd. The van der Waals surface area contributed by atoms with Crippen LogP contribution < -0.4 is 37.2 Å². The minimum atomic E-state index is 0. The molecule has 1 aromatic heterocycles. The van der Waals surface area contributed by atoms with E-state index in [1.165, 1.54) is 64.2 Å². The Morgan fingerprint density at radius 3 is 1.46 bits per heavy atom. The Hall–Kier alpha value is 0.711. The fourth-order valence-corrected chi connectivity index (χ4v) is 3.44. The van der Waals surface area contributed by atoms with Gasteiger partial charge in [0.2, 0.25) is 0 Å². The summed E-state index contributed by atoms with van der Waals surface area (Å²) in [4.78, 5) is 14.1. The third-order valence-corrected chi connectivity index (χ3v) is 4.78. The van der Waals surface area contributed by atoms with E-state index >= 15 is 0 Å². The summed E-state index contributed by atoms with van der Waals surface area (Å²) < 4.78 is 0. The number of pyridine rings is 1. The molecule has 0 spiro atoms. The van der Waals surface area contributed by atoms with Gasteiger partial charge in [-0.15, -0.1) is 0 Å². The van der Waals surface area contributed by atoms with Crippen LogP contribution in [0.4, 0.5) is 0 Å². The van der Waals surface area contributed by atoms with Crippen molar-refractivity contribution >= 4 is 12.4 Å². The van der Waals surface area contributed by atoms with E-state index in [0.29, 0.717) is 12.1 Å². The quantitative estimate of drug-likeness (QED) is 0.351. The summed E-state index contributed by atoms with van der Waals surface area (Å²) in [5.41, 5.74) is 1.91. The van der Waals surface area contributed by atoms with Crippen molar-refractivity contribution in [3.8, 4) is 0 Å². The molecule has 143 valence electrons. The zero-order valence-corrected chi connectivity index (χ0v) is 20.6. The van der Waals surface area contributed by atoms with Crippen LogP contribution in [0.1, 0.15) is 75.6 Å². The first-order valence-electron chi connectivity index (χ1n) is 8.93. The number of rotatable bonds is 4. The molecule has 0 atom stereocenters. The van der Waals surface area contributed by atoms with Gasteiger partial charge in [0.25, 0.3) is 0 Å². The number of nitrogens with zero attached hydrogens (tertiary/aromatic N) is 3. The second-order valence-electron chi connectivity index (χ2n) is 6.63. The van der Waals surface area contributed by atoms with E-state index < -0.39 is 0 Å². The molecule has 0 amide bonds. The molecule has 2 aliphatic rings. The van der Waals surface area contributed by atoms with E-state index in [4.69, 9.17) is 9.98 Å². The molecule has 3 rings (SSSR count). The summed E-state index contributed by atoms with van der Waals surface area (Å²) in [7, 11) is 0. The minimum Gasteiger partial charge on any atom is -1.00 e. The average molecular weight is 548 g/mol. The monoisotopic (exact) mass is 544 g/mol. The van der Waals surface area contributed by atoms with Crippen LogP contribution in [0.15, 0.2) is 28.2 Å². The van der Waals surface area contributed by atoms with Gasteiger partial charge in [-0.2, -0.15) is 0 Å². The van der Waals surface area contributed by atoms with Crippen molar-refractivity contribution in [2.75, 3.05) is 0 Å². The first-order chi connectivity index (χ1) is 10.9. The fourth-order valence-electron chi connectivity index (χ4n) is 3.44. The van der Waals surface area contributed by atoms with Crippen molar-refractivity contribution in [2.45, 2.75) is 76.3 Å². The molecule has 2 aliphatic carbocycles. The normalized spacial score (nSPS) is 18.5. The molecule has 0 aliphatic heterocycles. The van der Waals surface area contributed by atoms with Crippen molar-refractivity contribution in [1.29, 1.82) is 0 Å². The molecular weight excluding hydrogens is 521 g/mol. The zero-order chi connectivity index (χ0) is 15.0. The Kier molecular flexibility index (Phi) is 18.5. The van der Waals surface area contributed by atoms with Crippen LogP contribution >= 0.6 is 0 Å². The van der Waals surface area contributed by atoms with Crippen LogP contribution in [0.25, 0.3) is 0 Å². The number of hydrogen-bond donors (Lipinski definition) is 0. The maximum absolute atomic E-state index is 4.71. The Morgan fingerprint density at radius 2 is 1.08 bits per heavy atom. The molecule has 26 heavy (non-hydrogen) atoms. The van der Waals surface area contributed by atoms with Gasteiger partial charge < -0.3 is 37.2 Å². The number of aromatic nitrogens is 1. The SMILES string of the molecule is C(=NC1CCCCC1)c1cccc(C=NC2CCCCC2)n1.[Cl-].[Cl-].[Cl-].[Nd+3]. The second-order valence-corrected chi connectivity index (χ2v) is 6.63. The average Bonchev–Trinajstić information content (AvgIpc) is 2.60. The maximum atomic E-state index is 4.71. The predicted molar refractivity (Wildman–Crippen MR) is 93.2 cm³/mol. The van der Waals surface area contributed by atoms with Gasteiger partial charge in [-0.25, -0.2) is 4.98 Å². The second kappa shape index (κ2) is 16.6. The molecule has 2 fully saturated rings. The van der Waals surface area contributed by atoms with E-state index in [-0.39, 0.29) is 78.1 Å². The standard InChI is InChI=1S/C19H27N3.3ClH.Nd/c1-3-8-16(9-4-1)20-14-18-12-7-13-19(22-18)15-21-17-10-5-2-6-11-17;;;;/h7,12-17H,1-6,8-11H2;3*1H;/q;;;;+3/p-3. The molecule has 0 aromatic carbocycles. The fraction of sp³-hybridized carbons (Fsp3) is 0.632. The topological polar surface area (TPSA) is 37.6 Å². The van der Waals surface area contributed by atoms with E-state index in [0.717, 1.165) is 11.4 Å². The van der Waals surface area contributed by atoms with Gasteiger partial charge >= 0.3 is 40.8 Å². The van der Waals surface area contributed by atoms with Crippen molar-refractivity contribution in [3.63, 3.8) is 0 Å². The van der Waals surface area contributed by atoms with Gasteiger partial charge in [-0.1, -0.05) is 44.6 Å². The summed E-state index contributed by atoms with van der Waals surface area (Å²) in [6.45, 7) is 0. The van der Waals surface area contributed by atoms with Gasteiger partial charge in [0, 0.05) is 12.4 Å². The molecule has 7 heteroatoms. The molecule has 1 aromatic rings. The van der Waals surface area contributed by atoms with E-state index in [9.17, 15) is 0 Å². The summed E-state index contributed by atoms with van der Waals surface area (Å²) >= 11 is 0. The molecule has 3 nitrogen and oxygen atoms in total. The number of halogens is 3. The predicted octanol–water partition coefficient (Wildman–Crippen LogP) is -4.40. The molecule has 1 radical (unpaired) electrons. The smallest absolute Gasteiger partial charge is 1.00 e. The van der Waals surface area contributed by atoms with Crippen LogP contribution in [-0.4, -0.2) is 29.5 Å². The van der Waals surface area contributed by atoms with E-state index in [1.807, 2.05) is 24.6 Å². The van der Waals surface area contributed by atoms with Crippen LogP contribution in [0.5, 0.6) is 0 Å². The molecule has 0 unspecified atom stereocenters. The Bertz CT molecular complexity index is 485. The molecule has 0 saturated heterocycles. The van der Waals surface area contributed by atoms with Gasteiger partial charge in [0.05, 0.1) is 23.5 Å². The third kappa shape index (κ3) is 10.3. The first-order valence-corrected chi connectivity index (χ1v) is 8.93. The first kappa shape index (κ1) is 28.9. The van der Waals surface area contributed by atoms with Crippen molar-refractivity contribution < 1.29 is 78.1 Å². The van der Waals surface area contributed by atoms with Crippen LogP contribution in [0.3, 0.4) is 0 Å². The Morgan fingerprint density at radius 1 is 0.692 bits per heavy atom. The van der Waals surface area contributed by atoms with Crippen molar-refractivity contribution in [2.24, 2.45) is 9.98 Å². The molecule has 1 heterocycles. The summed E-state index contributed by atoms with van der Waals surface area (Å²) in [5, 5.41) is 0. The van der Waals surface area contributed by atoms with Crippen molar-refractivity contribution in [3.05, 3.63) is 29.6 Å². The van der Waals surface area contributed by atoms with Gasteiger partial charge in [-0.3, -0.25) is 9.98 Å². The van der Waals surface area contributed by atoms with Gasteiger partial charge in [0.15, 0.2) is 0 Å². The van der Waals surface area contributed by atoms with Gasteiger partial charge in [0.1, 0.15) is 0 Å². The third-order valence-electron chi connectivity index (χ3n) is 4.78. The van der Waals surface area contributed by atoms with Gasteiger partial charge in [-0.05, 0) is 37.8 Å². The molecule has 2 saturated carbocycles. The molecule has 0 bridgehead atoms. The van der Waals surface area contributed by atoms with Crippen molar-refractivity contribution in [1.82, 2.24) is 4.98 Å². The number of hydrogen-bond acceptors (Lipinski definition) is 3. The number of aliphatic imine (C=N–C) groups is 2. The minimum absolute atomic E-state index is 0. The summed E-state index contributed by atoms with van der Waals surface area (Å²) in [6.07, 6.45) is 16.9. The summed E-state index contributed by atoms with van der Waals surface area (Å²) in [5.74, 6) is 0. The van der Waals surface area contributed by atoms with Crippen LogP contribution in [0.2, 0.25) is 0 Å².